The standard InChI is InChI=1S/C10H13FN2O/c1-3-7(2)10(14)13-8-4-5-12-9(11)6-8/h4-7H,3H2,1-2H3,(H,12,13,14). The molecule has 76 valence electrons. The van der Waals surface area contributed by atoms with Gasteiger partial charge in [-0.2, -0.15) is 4.39 Å². The predicted octanol–water partition coefficient (Wildman–Crippen LogP) is 2.21. The Kier molecular flexibility index (Phi) is 3.56. The van der Waals surface area contributed by atoms with E-state index >= 15 is 0 Å². The van der Waals surface area contributed by atoms with Gasteiger partial charge in [0.15, 0.2) is 0 Å². The van der Waals surface area contributed by atoms with Crippen molar-refractivity contribution in [3.63, 3.8) is 0 Å². The van der Waals surface area contributed by atoms with Crippen LogP contribution in [0.25, 0.3) is 0 Å². The van der Waals surface area contributed by atoms with E-state index in [1.807, 2.05) is 13.8 Å². The Morgan fingerprint density at radius 2 is 2.43 bits per heavy atom. The fraction of sp³-hybridized carbons (Fsp3) is 0.400. The van der Waals surface area contributed by atoms with Crippen molar-refractivity contribution in [3.8, 4) is 0 Å². The Morgan fingerprint density at radius 3 is 3.00 bits per heavy atom. The number of aromatic nitrogens is 1. The van der Waals surface area contributed by atoms with Crippen molar-refractivity contribution < 1.29 is 9.18 Å². The van der Waals surface area contributed by atoms with Crippen LogP contribution < -0.4 is 5.32 Å². The third-order valence-corrected chi connectivity index (χ3v) is 2.05. The van der Waals surface area contributed by atoms with Gasteiger partial charge in [-0.05, 0) is 12.5 Å². The summed E-state index contributed by atoms with van der Waals surface area (Å²) in [5.41, 5.74) is 0.447. The predicted molar refractivity (Wildman–Crippen MR) is 52.3 cm³/mol. The Bertz CT molecular complexity index is 328. The molecule has 1 aromatic rings. The largest absolute Gasteiger partial charge is 0.326 e. The van der Waals surface area contributed by atoms with Crippen LogP contribution >= 0.6 is 0 Å². The first-order valence-electron chi connectivity index (χ1n) is 4.56. The number of hydrogen-bond acceptors (Lipinski definition) is 2. The highest BCUT2D eigenvalue weighted by molar-refractivity contribution is 5.92. The average Bonchev–Trinajstić information content (AvgIpc) is 2.16. The number of hydrogen-bond donors (Lipinski definition) is 1. The second-order valence-electron chi connectivity index (χ2n) is 3.17. The van der Waals surface area contributed by atoms with Crippen molar-refractivity contribution in [2.45, 2.75) is 20.3 Å². The van der Waals surface area contributed by atoms with Crippen LogP contribution in [0.2, 0.25) is 0 Å². The number of anilines is 1. The number of rotatable bonds is 3. The lowest BCUT2D eigenvalue weighted by molar-refractivity contribution is -0.119. The molecule has 1 amide bonds. The molecule has 0 aromatic carbocycles. The molecular weight excluding hydrogens is 183 g/mol. The molecule has 0 bridgehead atoms. The average molecular weight is 196 g/mol. The minimum Gasteiger partial charge on any atom is -0.326 e. The Labute approximate surface area is 82.4 Å². The van der Waals surface area contributed by atoms with Crippen LogP contribution in [-0.4, -0.2) is 10.9 Å². The SMILES string of the molecule is CCC(C)C(=O)Nc1ccnc(F)c1. The van der Waals surface area contributed by atoms with Gasteiger partial charge in [-0.15, -0.1) is 0 Å². The first-order valence-corrected chi connectivity index (χ1v) is 4.56. The highest BCUT2D eigenvalue weighted by atomic mass is 19.1. The summed E-state index contributed by atoms with van der Waals surface area (Å²) in [6, 6.07) is 2.75. The number of carbonyl (C=O) groups excluding carboxylic acids is 1. The summed E-state index contributed by atoms with van der Waals surface area (Å²) in [7, 11) is 0. The number of amides is 1. The van der Waals surface area contributed by atoms with Crippen molar-refractivity contribution >= 4 is 11.6 Å². The second kappa shape index (κ2) is 4.69. The summed E-state index contributed by atoms with van der Waals surface area (Å²) in [5.74, 6) is -0.753. The minimum absolute atomic E-state index is 0.0637. The van der Waals surface area contributed by atoms with Gasteiger partial charge in [0.05, 0.1) is 0 Å². The molecule has 1 aromatic heterocycles. The van der Waals surface area contributed by atoms with Gasteiger partial charge in [0.2, 0.25) is 11.9 Å². The van der Waals surface area contributed by atoms with Gasteiger partial charge in [-0.3, -0.25) is 4.79 Å². The number of nitrogens with one attached hydrogen (secondary N) is 1. The van der Waals surface area contributed by atoms with E-state index in [1.54, 1.807) is 6.07 Å². The van der Waals surface area contributed by atoms with Gasteiger partial charge < -0.3 is 5.32 Å². The zero-order valence-corrected chi connectivity index (χ0v) is 8.25. The lowest BCUT2D eigenvalue weighted by atomic mass is 10.1. The van der Waals surface area contributed by atoms with Crippen LogP contribution in [0.5, 0.6) is 0 Å². The van der Waals surface area contributed by atoms with Gasteiger partial charge in [0, 0.05) is 23.9 Å². The van der Waals surface area contributed by atoms with Gasteiger partial charge in [-0.1, -0.05) is 13.8 Å². The molecule has 0 aliphatic rings. The first kappa shape index (κ1) is 10.6. The Hall–Kier alpha value is -1.45. The minimum atomic E-state index is -0.591. The molecule has 0 fully saturated rings. The Morgan fingerprint density at radius 1 is 1.71 bits per heavy atom. The molecule has 1 heterocycles. The maximum Gasteiger partial charge on any atom is 0.227 e. The van der Waals surface area contributed by atoms with Crippen LogP contribution in [-0.2, 0) is 4.79 Å². The highest BCUT2D eigenvalue weighted by Crippen LogP contribution is 2.10. The first-order chi connectivity index (χ1) is 6.63. The number of carbonyl (C=O) groups is 1. The van der Waals surface area contributed by atoms with E-state index < -0.39 is 5.95 Å². The zero-order valence-electron chi connectivity index (χ0n) is 8.25. The van der Waals surface area contributed by atoms with E-state index in [1.165, 1.54) is 12.3 Å². The molecular formula is C10H13FN2O. The van der Waals surface area contributed by atoms with Crippen LogP contribution in [0.1, 0.15) is 20.3 Å². The maximum atomic E-state index is 12.6. The van der Waals surface area contributed by atoms with Gasteiger partial charge in [0.25, 0.3) is 0 Å². The van der Waals surface area contributed by atoms with Gasteiger partial charge in [0.1, 0.15) is 0 Å². The van der Waals surface area contributed by atoms with E-state index in [9.17, 15) is 9.18 Å². The quantitative estimate of drug-likeness (QED) is 0.753. The van der Waals surface area contributed by atoms with Crippen molar-refractivity contribution in [2.24, 2.45) is 5.92 Å². The molecule has 0 saturated heterocycles. The molecule has 1 rings (SSSR count). The third-order valence-electron chi connectivity index (χ3n) is 2.05. The number of nitrogens with zero attached hydrogens (tertiary/aromatic N) is 1. The molecule has 1 atom stereocenters. The molecule has 1 unspecified atom stereocenters. The fourth-order valence-corrected chi connectivity index (χ4v) is 0.931. The maximum absolute atomic E-state index is 12.6. The van der Waals surface area contributed by atoms with E-state index in [4.69, 9.17) is 0 Å². The molecule has 0 aliphatic carbocycles. The summed E-state index contributed by atoms with van der Waals surface area (Å²) in [6.45, 7) is 3.75. The summed E-state index contributed by atoms with van der Waals surface area (Å²) in [6.07, 6.45) is 2.08. The van der Waals surface area contributed by atoms with Gasteiger partial charge in [-0.25, -0.2) is 4.98 Å². The Balaban J connectivity index is 2.65. The molecule has 0 spiro atoms. The third kappa shape index (κ3) is 2.80. The summed E-state index contributed by atoms with van der Waals surface area (Å²) < 4.78 is 12.6. The topological polar surface area (TPSA) is 42.0 Å². The molecule has 0 aliphatic heterocycles. The summed E-state index contributed by atoms with van der Waals surface area (Å²) in [5, 5.41) is 2.61. The highest BCUT2D eigenvalue weighted by Gasteiger charge is 2.10. The van der Waals surface area contributed by atoms with E-state index in [-0.39, 0.29) is 11.8 Å². The molecule has 0 radical (unpaired) electrons. The van der Waals surface area contributed by atoms with Gasteiger partial charge >= 0.3 is 0 Å². The van der Waals surface area contributed by atoms with Crippen LogP contribution in [0.4, 0.5) is 10.1 Å². The smallest absolute Gasteiger partial charge is 0.227 e. The fourth-order valence-electron chi connectivity index (χ4n) is 0.931. The van der Waals surface area contributed by atoms with Crippen LogP contribution in [0.15, 0.2) is 18.3 Å². The second-order valence-corrected chi connectivity index (χ2v) is 3.17. The molecule has 3 nitrogen and oxygen atoms in total. The monoisotopic (exact) mass is 196 g/mol. The number of pyridine rings is 1. The van der Waals surface area contributed by atoms with Crippen molar-refractivity contribution in [3.05, 3.63) is 24.3 Å². The van der Waals surface area contributed by atoms with E-state index in [0.29, 0.717) is 5.69 Å². The summed E-state index contributed by atoms with van der Waals surface area (Å²) in [4.78, 5) is 14.8. The molecule has 0 saturated carbocycles. The van der Waals surface area contributed by atoms with Crippen molar-refractivity contribution in [1.29, 1.82) is 0 Å². The van der Waals surface area contributed by atoms with Crippen molar-refractivity contribution in [1.82, 2.24) is 4.98 Å². The lowest BCUT2D eigenvalue weighted by Crippen LogP contribution is -2.19. The van der Waals surface area contributed by atoms with Crippen LogP contribution in [0.3, 0.4) is 0 Å². The molecule has 1 N–H and O–H groups in total. The molecule has 14 heavy (non-hydrogen) atoms. The zero-order chi connectivity index (χ0) is 10.6. The molecule has 4 heteroatoms. The number of halogens is 1. The van der Waals surface area contributed by atoms with Crippen LogP contribution in [0, 0.1) is 11.9 Å². The normalized spacial score (nSPS) is 12.2. The van der Waals surface area contributed by atoms with Crippen molar-refractivity contribution in [2.75, 3.05) is 5.32 Å². The summed E-state index contributed by atoms with van der Waals surface area (Å²) >= 11 is 0. The van der Waals surface area contributed by atoms with E-state index in [2.05, 4.69) is 10.3 Å². The lowest BCUT2D eigenvalue weighted by Gasteiger charge is -2.09. The van der Waals surface area contributed by atoms with E-state index in [0.717, 1.165) is 6.42 Å².